The Labute approximate surface area is 159 Å². The van der Waals surface area contributed by atoms with Gasteiger partial charge in [-0.3, -0.25) is 9.59 Å². The molecule has 146 valence electrons. The highest BCUT2D eigenvalue weighted by molar-refractivity contribution is 5.85. The molecule has 0 aromatic heterocycles. The van der Waals surface area contributed by atoms with E-state index in [1.165, 1.54) is 38.5 Å². The third kappa shape index (κ3) is 19.6. The lowest BCUT2D eigenvalue weighted by molar-refractivity contribution is -0.142. The molecule has 0 saturated carbocycles. The van der Waals surface area contributed by atoms with E-state index < -0.39 is 11.9 Å². The zero-order valence-electron chi connectivity index (χ0n) is 15.0. The van der Waals surface area contributed by atoms with Gasteiger partial charge in [-0.25, -0.2) is 0 Å². The summed E-state index contributed by atoms with van der Waals surface area (Å²) in [4.78, 5) is 21.2. The Balaban J connectivity index is -0.00000220. The summed E-state index contributed by atoms with van der Waals surface area (Å²) in [6.45, 7) is 1.94. The van der Waals surface area contributed by atoms with E-state index in [1.54, 1.807) is 0 Å². The van der Waals surface area contributed by atoms with Crippen LogP contribution in [-0.4, -0.2) is 22.2 Å². The van der Waals surface area contributed by atoms with Gasteiger partial charge >= 0.3 is 11.9 Å². The van der Waals surface area contributed by atoms with Crippen LogP contribution in [0.5, 0.6) is 0 Å². The van der Waals surface area contributed by atoms with Crippen LogP contribution in [0.4, 0.5) is 0 Å². The smallest absolute Gasteiger partial charge is 0.306 e. The lowest BCUT2D eigenvalue weighted by Crippen LogP contribution is -2.12. The molecule has 0 saturated heterocycles. The third-order valence-electron chi connectivity index (χ3n) is 4.29. The quantitative estimate of drug-likeness (QED) is 0.314. The summed E-state index contributed by atoms with van der Waals surface area (Å²) >= 11 is 0. The van der Waals surface area contributed by atoms with Crippen LogP contribution in [0.3, 0.4) is 0 Å². The molecule has 24 heavy (non-hydrogen) atoms. The van der Waals surface area contributed by atoms with Gasteiger partial charge in [0, 0.05) is 6.42 Å². The minimum Gasteiger partial charge on any atom is -0.481 e. The molecule has 0 bridgehead atoms. The standard InChI is InChI=1S/C18H34O4.2ClH/c1-2-16(18(21)22)14-12-10-8-6-4-3-5-7-9-11-13-15-17(19)20;;/h16H,2-15H2,1H3,(H,19,20)(H,21,22);2*1H. The Bertz CT molecular complexity index is 299. The van der Waals surface area contributed by atoms with Gasteiger partial charge in [-0.15, -0.1) is 24.8 Å². The highest BCUT2D eigenvalue weighted by Gasteiger charge is 2.13. The van der Waals surface area contributed by atoms with Crippen LogP contribution in [0.25, 0.3) is 0 Å². The first-order valence-electron chi connectivity index (χ1n) is 9.02. The van der Waals surface area contributed by atoms with Gasteiger partial charge in [0.15, 0.2) is 0 Å². The van der Waals surface area contributed by atoms with Gasteiger partial charge in [0.25, 0.3) is 0 Å². The SMILES string of the molecule is CCC(CCCCCCCCCCCCCC(=O)O)C(=O)O.Cl.Cl. The Kier molecular flexibility index (Phi) is 24.3. The predicted octanol–water partition coefficient (Wildman–Crippen LogP) is 6.10. The van der Waals surface area contributed by atoms with Crippen LogP contribution in [0, 0.1) is 5.92 Å². The van der Waals surface area contributed by atoms with Crippen molar-refractivity contribution in [2.45, 2.75) is 96.8 Å². The number of hydrogen-bond acceptors (Lipinski definition) is 2. The predicted molar refractivity (Wildman–Crippen MR) is 104 cm³/mol. The summed E-state index contributed by atoms with van der Waals surface area (Å²) in [6.07, 6.45) is 14.5. The number of halogens is 2. The molecule has 0 spiro atoms. The van der Waals surface area contributed by atoms with E-state index in [4.69, 9.17) is 10.2 Å². The van der Waals surface area contributed by atoms with Crippen molar-refractivity contribution in [2.24, 2.45) is 5.92 Å². The fourth-order valence-corrected chi connectivity index (χ4v) is 2.76. The van der Waals surface area contributed by atoms with Gasteiger partial charge in [-0.05, 0) is 19.3 Å². The maximum absolute atomic E-state index is 10.9. The van der Waals surface area contributed by atoms with E-state index in [0.29, 0.717) is 6.42 Å². The second kappa shape index (κ2) is 20.6. The molecule has 0 aromatic rings. The second-order valence-corrected chi connectivity index (χ2v) is 6.26. The zero-order valence-corrected chi connectivity index (χ0v) is 16.6. The summed E-state index contributed by atoms with van der Waals surface area (Å²) in [5, 5.41) is 17.5. The van der Waals surface area contributed by atoms with Crippen molar-refractivity contribution in [3.8, 4) is 0 Å². The summed E-state index contributed by atoms with van der Waals surface area (Å²) in [5.74, 6) is -1.49. The first-order chi connectivity index (χ1) is 10.6. The van der Waals surface area contributed by atoms with Gasteiger partial charge in [-0.1, -0.05) is 71.1 Å². The van der Waals surface area contributed by atoms with Gasteiger partial charge < -0.3 is 10.2 Å². The van der Waals surface area contributed by atoms with Gasteiger partial charge in [-0.2, -0.15) is 0 Å². The van der Waals surface area contributed by atoms with Crippen LogP contribution < -0.4 is 0 Å². The van der Waals surface area contributed by atoms with Crippen LogP contribution in [0.2, 0.25) is 0 Å². The van der Waals surface area contributed by atoms with Gasteiger partial charge in [0.1, 0.15) is 0 Å². The van der Waals surface area contributed by atoms with Crippen molar-refractivity contribution in [1.29, 1.82) is 0 Å². The maximum atomic E-state index is 10.9. The normalized spacial score (nSPS) is 11.2. The molecule has 2 N–H and O–H groups in total. The summed E-state index contributed by atoms with van der Waals surface area (Å²) in [5.41, 5.74) is 0. The number of rotatable bonds is 16. The zero-order chi connectivity index (χ0) is 16.6. The van der Waals surface area contributed by atoms with Crippen LogP contribution in [0.15, 0.2) is 0 Å². The fraction of sp³-hybridized carbons (Fsp3) is 0.889. The average Bonchev–Trinajstić information content (AvgIpc) is 2.47. The van der Waals surface area contributed by atoms with E-state index in [9.17, 15) is 9.59 Å². The molecule has 0 rings (SSSR count). The summed E-state index contributed by atoms with van der Waals surface area (Å²) in [7, 11) is 0. The maximum Gasteiger partial charge on any atom is 0.306 e. The molecule has 0 fully saturated rings. The first-order valence-corrected chi connectivity index (χ1v) is 9.02. The summed E-state index contributed by atoms with van der Waals surface area (Å²) < 4.78 is 0. The Morgan fingerprint density at radius 3 is 1.42 bits per heavy atom. The third-order valence-corrected chi connectivity index (χ3v) is 4.29. The largest absolute Gasteiger partial charge is 0.481 e. The van der Waals surface area contributed by atoms with Crippen LogP contribution >= 0.6 is 24.8 Å². The molecule has 0 heterocycles. The average molecular weight is 387 g/mol. The molecule has 6 heteroatoms. The monoisotopic (exact) mass is 386 g/mol. The Morgan fingerprint density at radius 2 is 1.08 bits per heavy atom. The van der Waals surface area contributed by atoms with E-state index in [0.717, 1.165) is 44.9 Å². The number of hydrogen-bond donors (Lipinski definition) is 2. The topological polar surface area (TPSA) is 74.6 Å². The van der Waals surface area contributed by atoms with Crippen LogP contribution in [-0.2, 0) is 9.59 Å². The number of carboxylic acid groups (broad SMARTS) is 2. The lowest BCUT2D eigenvalue weighted by atomic mass is 9.98. The van der Waals surface area contributed by atoms with Crippen molar-refractivity contribution in [3.63, 3.8) is 0 Å². The van der Waals surface area contributed by atoms with Crippen molar-refractivity contribution >= 4 is 36.8 Å². The number of aliphatic carboxylic acids is 2. The number of unbranched alkanes of at least 4 members (excludes halogenated alkanes) is 10. The first kappa shape index (κ1) is 28.3. The molecule has 1 atom stereocenters. The molecular weight excluding hydrogens is 351 g/mol. The number of carboxylic acids is 2. The fourth-order valence-electron chi connectivity index (χ4n) is 2.76. The molecule has 0 aliphatic carbocycles. The lowest BCUT2D eigenvalue weighted by Gasteiger charge is -2.08. The highest BCUT2D eigenvalue weighted by atomic mass is 35.5. The Morgan fingerprint density at radius 1 is 0.708 bits per heavy atom. The van der Waals surface area contributed by atoms with E-state index in [-0.39, 0.29) is 30.7 Å². The Hall–Kier alpha value is -0.480. The molecule has 4 nitrogen and oxygen atoms in total. The molecule has 0 aromatic carbocycles. The van der Waals surface area contributed by atoms with E-state index in [1.807, 2.05) is 6.92 Å². The van der Waals surface area contributed by atoms with Crippen LogP contribution in [0.1, 0.15) is 96.8 Å². The summed E-state index contributed by atoms with van der Waals surface area (Å²) in [6, 6.07) is 0. The highest BCUT2D eigenvalue weighted by Crippen LogP contribution is 2.16. The molecule has 1 unspecified atom stereocenters. The molecule has 0 radical (unpaired) electrons. The minimum absolute atomic E-state index is 0. The minimum atomic E-state index is -0.686. The van der Waals surface area contributed by atoms with Gasteiger partial charge in [0.2, 0.25) is 0 Å². The van der Waals surface area contributed by atoms with Gasteiger partial charge in [0.05, 0.1) is 5.92 Å². The van der Waals surface area contributed by atoms with Crippen molar-refractivity contribution in [3.05, 3.63) is 0 Å². The van der Waals surface area contributed by atoms with E-state index >= 15 is 0 Å². The molecule has 0 aliphatic heterocycles. The molecular formula is C18H36Cl2O4. The molecule has 0 amide bonds. The molecule has 0 aliphatic rings. The van der Waals surface area contributed by atoms with Crippen molar-refractivity contribution in [1.82, 2.24) is 0 Å². The van der Waals surface area contributed by atoms with Crippen molar-refractivity contribution in [2.75, 3.05) is 0 Å². The number of carbonyl (C=O) groups is 2. The van der Waals surface area contributed by atoms with E-state index in [2.05, 4.69) is 0 Å². The van der Waals surface area contributed by atoms with Crippen molar-refractivity contribution < 1.29 is 19.8 Å². The second-order valence-electron chi connectivity index (χ2n) is 6.26.